The molecule has 0 saturated heterocycles. The Morgan fingerprint density at radius 1 is 1.50 bits per heavy atom. The smallest absolute Gasteiger partial charge is 0.240 e. The quantitative estimate of drug-likeness (QED) is 0.702. The second-order valence-electron chi connectivity index (χ2n) is 3.33. The number of hydrogen-bond acceptors (Lipinski definition) is 3. The van der Waals surface area contributed by atoms with Crippen LogP contribution in [0.3, 0.4) is 0 Å². The third-order valence-corrected chi connectivity index (χ3v) is 4.37. The molecular weight excluding hydrogens is 178 g/mol. The highest BCUT2D eigenvalue weighted by Gasteiger charge is 2.50. The van der Waals surface area contributed by atoms with Crippen LogP contribution in [0.1, 0.15) is 33.1 Å². The van der Waals surface area contributed by atoms with E-state index < -0.39 is 20.7 Å². The molecule has 0 heterocycles. The van der Waals surface area contributed by atoms with Gasteiger partial charge < -0.3 is 0 Å². The molecule has 0 aliphatic heterocycles. The highest BCUT2D eigenvalue weighted by molar-refractivity contribution is 7.91. The van der Waals surface area contributed by atoms with E-state index in [1.54, 1.807) is 13.8 Å². The average Bonchev–Trinajstić information content (AvgIpc) is 2.68. The van der Waals surface area contributed by atoms with Crippen LogP contribution in [0.25, 0.3) is 0 Å². The fourth-order valence-corrected chi connectivity index (χ4v) is 2.12. The van der Waals surface area contributed by atoms with Crippen molar-refractivity contribution in [2.45, 2.75) is 37.9 Å². The van der Waals surface area contributed by atoms with Gasteiger partial charge in [0.05, 0.1) is 4.75 Å². The van der Waals surface area contributed by atoms with E-state index >= 15 is 0 Å². The summed E-state index contributed by atoms with van der Waals surface area (Å²) in [5.74, 6) is -0.428. The van der Waals surface area contributed by atoms with Crippen molar-refractivity contribution in [3.63, 3.8) is 0 Å². The lowest BCUT2D eigenvalue weighted by atomic mass is 10.5. The first kappa shape index (κ1) is 9.51. The van der Waals surface area contributed by atoms with Crippen LogP contribution in [0.4, 0.5) is 0 Å². The lowest BCUT2D eigenvalue weighted by Crippen LogP contribution is -2.37. The van der Waals surface area contributed by atoms with E-state index in [4.69, 9.17) is 0 Å². The molecular formula is C7H13NO3S. The zero-order chi connectivity index (χ0) is 9.41. The van der Waals surface area contributed by atoms with E-state index in [1.165, 1.54) is 0 Å². The molecule has 1 amide bonds. The average molecular weight is 191 g/mol. The fraction of sp³-hybridized carbons (Fsp3) is 0.857. The first-order valence-electron chi connectivity index (χ1n) is 3.96. The molecule has 0 aromatic rings. The first-order chi connectivity index (χ1) is 5.41. The number of rotatable bonds is 3. The van der Waals surface area contributed by atoms with Gasteiger partial charge in [-0.15, -0.1) is 0 Å². The van der Waals surface area contributed by atoms with Crippen molar-refractivity contribution < 1.29 is 13.2 Å². The van der Waals surface area contributed by atoms with Crippen LogP contribution < -0.4 is 4.72 Å². The number of amides is 1. The minimum atomic E-state index is -3.40. The summed E-state index contributed by atoms with van der Waals surface area (Å²) >= 11 is 0. The van der Waals surface area contributed by atoms with Gasteiger partial charge in [0.1, 0.15) is 0 Å². The molecule has 0 aromatic heterocycles. The number of carbonyl (C=O) groups is 1. The summed E-state index contributed by atoms with van der Waals surface area (Å²) in [4.78, 5) is 10.8. The third kappa shape index (κ3) is 1.60. The zero-order valence-corrected chi connectivity index (χ0v) is 8.07. The van der Waals surface area contributed by atoms with E-state index in [2.05, 4.69) is 0 Å². The Bertz CT molecular complexity index is 290. The van der Waals surface area contributed by atoms with Crippen LogP contribution in [0.2, 0.25) is 0 Å². The molecule has 0 spiro atoms. The van der Waals surface area contributed by atoms with Gasteiger partial charge in [-0.1, -0.05) is 6.92 Å². The molecule has 1 rings (SSSR count). The molecule has 1 aliphatic rings. The monoisotopic (exact) mass is 191 g/mol. The Morgan fingerprint density at radius 2 is 2.00 bits per heavy atom. The molecule has 1 saturated carbocycles. The van der Waals surface area contributed by atoms with Crippen molar-refractivity contribution in [2.75, 3.05) is 0 Å². The van der Waals surface area contributed by atoms with Crippen LogP contribution in [0, 0.1) is 0 Å². The van der Waals surface area contributed by atoms with E-state index in [0.29, 0.717) is 12.8 Å². The minimum Gasteiger partial charge on any atom is -0.274 e. The lowest BCUT2D eigenvalue weighted by molar-refractivity contribution is -0.119. The Morgan fingerprint density at radius 3 is 2.33 bits per heavy atom. The van der Waals surface area contributed by atoms with Crippen molar-refractivity contribution in [1.82, 2.24) is 4.72 Å². The molecule has 1 aliphatic carbocycles. The van der Waals surface area contributed by atoms with Crippen LogP contribution in [0.15, 0.2) is 0 Å². The van der Waals surface area contributed by atoms with Crippen LogP contribution in [-0.4, -0.2) is 19.1 Å². The number of carbonyl (C=O) groups excluding carboxylic acids is 1. The lowest BCUT2D eigenvalue weighted by Gasteiger charge is -2.10. The summed E-state index contributed by atoms with van der Waals surface area (Å²) in [5.41, 5.74) is 0. The van der Waals surface area contributed by atoms with Crippen molar-refractivity contribution in [1.29, 1.82) is 0 Å². The van der Waals surface area contributed by atoms with Crippen molar-refractivity contribution >= 4 is 15.9 Å². The Balaban J connectivity index is 2.68. The van der Waals surface area contributed by atoms with E-state index in [-0.39, 0.29) is 6.42 Å². The molecule has 0 radical (unpaired) electrons. The van der Waals surface area contributed by atoms with E-state index in [0.717, 1.165) is 0 Å². The van der Waals surface area contributed by atoms with Gasteiger partial charge in [-0.05, 0) is 19.8 Å². The van der Waals surface area contributed by atoms with E-state index in [1.807, 2.05) is 4.72 Å². The van der Waals surface area contributed by atoms with Crippen molar-refractivity contribution in [2.24, 2.45) is 0 Å². The number of sulfonamides is 1. The molecule has 0 atom stereocenters. The minimum absolute atomic E-state index is 0.204. The third-order valence-electron chi connectivity index (χ3n) is 2.17. The topological polar surface area (TPSA) is 63.2 Å². The highest BCUT2D eigenvalue weighted by Crippen LogP contribution is 2.42. The largest absolute Gasteiger partial charge is 0.274 e. The van der Waals surface area contributed by atoms with Crippen molar-refractivity contribution in [3.05, 3.63) is 0 Å². The summed E-state index contributed by atoms with van der Waals surface area (Å²) in [6, 6.07) is 0. The van der Waals surface area contributed by atoms with Gasteiger partial charge in [0.2, 0.25) is 15.9 Å². The van der Waals surface area contributed by atoms with Crippen LogP contribution in [-0.2, 0) is 14.8 Å². The van der Waals surface area contributed by atoms with Gasteiger partial charge in [0, 0.05) is 6.42 Å². The van der Waals surface area contributed by atoms with Crippen molar-refractivity contribution in [3.8, 4) is 0 Å². The highest BCUT2D eigenvalue weighted by atomic mass is 32.2. The van der Waals surface area contributed by atoms with Gasteiger partial charge in [0.15, 0.2) is 0 Å². The molecule has 12 heavy (non-hydrogen) atoms. The second-order valence-corrected chi connectivity index (χ2v) is 5.53. The van der Waals surface area contributed by atoms with Gasteiger partial charge in [-0.3, -0.25) is 9.52 Å². The Hall–Kier alpha value is -0.580. The Labute approximate surface area is 72.4 Å². The molecule has 0 unspecified atom stereocenters. The summed E-state index contributed by atoms with van der Waals surface area (Å²) in [6.07, 6.45) is 1.51. The molecule has 5 heteroatoms. The maximum absolute atomic E-state index is 11.4. The van der Waals surface area contributed by atoms with Gasteiger partial charge in [-0.25, -0.2) is 8.42 Å². The number of hydrogen-bond donors (Lipinski definition) is 1. The standard InChI is InChI=1S/C7H13NO3S/c1-3-6(9)8-12(10,11)7(2)4-5-7/h3-5H2,1-2H3,(H,8,9). The van der Waals surface area contributed by atoms with Gasteiger partial charge in [0.25, 0.3) is 0 Å². The molecule has 1 fully saturated rings. The van der Waals surface area contributed by atoms with Crippen LogP contribution >= 0.6 is 0 Å². The SMILES string of the molecule is CCC(=O)NS(=O)(=O)C1(C)CC1. The second kappa shape index (κ2) is 2.73. The zero-order valence-electron chi connectivity index (χ0n) is 7.25. The summed E-state index contributed by atoms with van der Waals surface area (Å²) in [7, 11) is -3.40. The Kier molecular flexibility index (Phi) is 2.16. The van der Waals surface area contributed by atoms with Gasteiger partial charge >= 0.3 is 0 Å². The normalized spacial score (nSPS) is 20.2. The first-order valence-corrected chi connectivity index (χ1v) is 5.45. The maximum atomic E-state index is 11.4. The maximum Gasteiger partial charge on any atom is 0.240 e. The molecule has 1 N–H and O–H groups in total. The number of nitrogens with one attached hydrogen (secondary N) is 1. The van der Waals surface area contributed by atoms with E-state index in [9.17, 15) is 13.2 Å². The molecule has 0 aromatic carbocycles. The summed E-state index contributed by atoms with van der Waals surface area (Å²) in [6.45, 7) is 3.28. The van der Waals surface area contributed by atoms with Gasteiger partial charge in [-0.2, -0.15) is 0 Å². The molecule has 0 bridgehead atoms. The predicted octanol–water partition coefficient (Wildman–Crippen LogP) is 0.395. The molecule has 4 nitrogen and oxygen atoms in total. The predicted molar refractivity (Wildman–Crippen MR) is 45.0 cm³/mol. The molecule has 70 valence electrons. The summed E-state index contributed by atoms with van der Waals surface area (Å²) < 4.78 is 24.1. The fourth-order valence-electron chi connectivity index (χ4n) is 0.790. The summed E-state index contributed by atoms with van der Waals surface area (Å²) in [5, 5.41) is 0. The van der Waals surface area contributed by atoms with Crippen LogP contribution in [0.5, 0.6) is 0 Å².